The van der Waals surface area contributed by atoms with Crippen LogP contribution < -0.4 is 5.32 Å². The van der Waals surface area contributed by atoms with Crippen LogP contribution in [-0.4, -0.2) is 50.6 Å². The predicted octanol–water partition coefficient (Wildman–Crippen LogP) is 4.06. The molecule has 180 valence electrons. The van der Waals surface area contributed by atoms with Crippen LogP contribution in [0.3, 0.4) is 0 Å². The fraction of sp³-hybridized carbons (Fsp3) is 0.708. The zero-order valence-corrected chi connectivity index (χ0v) is 20.0. The maximum atomic E-state index is 13.2. The van der Waals surface area contributed by atoms with Gasteiger partial charge in [0.15, 0.2) is 0 Å². The highest BCUT2D eigenvalue weighted by atomic mass is 32.1. The number of hydrogen-bond acceptors (Lipinski definition) is 5. The van der Waals surface area contributed by atoms with Crippen molar-refractivity contribution in [3.63, 3.8) is 0 Å². The van der Waals surface area contributed by atoms with Crippen LogP contribution in [0.5, 0.6) is 0 Å². The number of halogens is 2. The Hall–Kier alpha value is -1.87. The SMILES string of the molecule is Cn1cc(CC(=O)NC2CCC(CCN3CCc4sc(C5CC(F)(F)C5)nc4C3)CC2)cn1. The number of aryl methyl sites for hydroxylation is 1. The normalized spacial score (nSPS) is 25.4. The molecule has 0 radical (unpaired) electrons. The highest BCUT2D eigenvalue weighted by molar-refractivity contribution is 7.11. The summed E-state index contributed by atoms with van der Waals surface area (Å²) >= 11 is 1.66. The van der Waals surface area contributed by atoms with Gasteiger partial charge in [-0.05, 0) is 56.6 Å². The molecule has 1 N–H and O–H groups in total. The van der Waals surface area contributed by atoms with Gasteiger partial charge in [-0.3, -0.25) is 14.4 Å². The molecule has 2 aromatic rings. The second-order valence-corrected chi connectivity index (χ2v) is 11.3. The largest absolute Gasteiger partial charge is 0.353 e. The van der Waals surface area contributed by atoms with E-state index in [1.807, 2.05) is 13.2 Å². The number of rotatable bonds is 7. The monoisotopic (exact) mass is 477 g/mol. The molecule has 0 unspecified atom stereocenters. The molecule has 0 atom stereocenters. The number of nitrogens with zero attached hydrogens (tertiary/aromatic N) is 4. The minimum atomic E-state index is -2.48. The molecule has 0 saturated heterocycles. The Morgan fingerprint density at radius 2 is 2.06 bits per heavy atom. The molecule has 6 nitrogen and oxygen atoms in total. The Bertz CT molecular complexity index is 973. The lowest BCUT2D eigenvalue weighted by atomic mass is 9.82. The number of carbonyl (C=O) groups is 1. The van der Waals surface area contributed by atoms with Crippen molar-refractivity contribution in [1.82, 2.24) is 25.0 Å². The second kappa shape index (κ2) is 9.41. The number of amides is 1. The van der Waals surface area contributed by atoms with Crippen molar-refractivity contribution in [2.24, 2.45) is 13.0 Å². The number of hydrogen-bond donors (Lipinski definition) is 1. The van der Waals surface area contributed by atoms with E-state index < -0.39 is 5.92 Å². The molecule has 2 saturated carbocycles. The van der Waals surface area contributed by atoms with Gasteiger partial charge in [-0.25, -0.2) is 13.8 Å². The second-order valence-electron chi connectivity index (χ2n) is 10.2. The highest BCUT2D eigenvalue weighted by Gasteiger charge is 2.47. The van der Waals surface area contributed by atoms with Crippen molar-refractivity contribution in [2.45, 2.75) is 82.2 Å². The number of nitrogens with one attached hydrogen (secondary N) is 1. The molecular formula is C24H33F2N5OS. The maximum absolute atomic E-state index is 13.2. The van der Waals surface area contributed by atoms with E-state index in [1.165, 1.54) is 11.3 Å². The van der Waals surface area contributed by atoms with Crippen molar-refractivity contribution >= 4 is 17.2 Å². The van der Waals surface area contributed by atoms with Crippen molar-refractivity contribution in [1.29, 1.82) is 0 Å². The third-order valence-corrected chi connectivity index (χ3v) is 8.77. The number of thiazole rings is 1. The summed E-state index contributed by atoms with van der Waals surface area (Å²) in [6.45, 7) is 2.96. The van der Waals surface area contributed by atoms with E-state index in [4.69, 9.17) is 4.98 Å². The molecule has 1 aliphatic heterocycles. The first-order valence-electron chi connectivity index (χ1n) is 12.2. The zero-order valence-electron chi connectivity index (χ0n) is 19.2. The molecule has 3 aliphatic rings. The summed E-state index contributed by atoms with van der Waals surface area (Å²) in [4.78, 5) is 20.8. The van der Waals surface area contributed by atoms with E-state index in [0.29, 0.717) is 12.3 Å². The van der Waals surface area contributed by atoms with Gasteiger partial charge in [0.25, 0.3) is 0 Å². The molecule has 0 spiro atoms. The highest BCUT2D eigenvalue weighted by Crippen LogP contribution is 2.49. The standard InChI is InChI=1S/C24H33F2N5OS/c1-30-14-17(13-27-30)10-22(32)28-19-4-2-16(3-5-19)6-8-31-9-7-21-20(15-31)29-23(33-21)18-11-24(25,26)12-18/h13-14,16,18-19H,2-12,15H2,1H3,(H,28,32). The summed E-state index contributed by atoms with van der Waals surface area (Å²) in [5.74, 6) is -1.72. The Labute approximate surface area is 197 Å². The lowest BCUT2D eigenvalue weighted by molar-refractivity contribution is -0.121. The van der Waals surface area contributed by atoms with E-state index in [1.54, 1.807) is 22.2 Å². The van der Waals surface area contributed by atoms with Gasteiger partial charge in [0.05, 0.1) is 23.3 Å². The maximum Gasteiger partial charge on any atom is 0.249 e. The molecule has 3 heterocycles. The first-order chi connectivity index (χ1) is 15.8. The molecule has 33 heavy (non-hydrogen) atoms. The van der Waals surface area contributed by atoms with Gasteiger partial charge in [-0.2, -0.15) is 5.10 Å². The molecule has 2 fully saturated rings. The van der Waals surface area contributed by atoms with Crippen molar-refractivity contribution in [3.8, 4) is 0 Å². The quantitative estimate of drug-likeness (QED) is 0.654. The smallest absolute Gasteiger partial charge is 0.249 e. The van der Waals surface area contributed by atoms with E-state index >= 15 is 0 Å². The number of carbonyl (C=O) groups excluding carboxylic acids is 1. The lowest BCUT2D eigenvalue weighted by Crippen LogP contribution is -2.39. The summed E-state index contributed by atoms with van der Waals surface area (Å²) in [5, 5.41) is 8.25. The minimum absolute atomic E-state index is 0.0320. The lowest BCUT2D eigenvalue weighted by Gasteiger charge is -2.33. The Morgan fingerprint density at radius 3 is 2.76 bits per heavy atom. The van der Waals surface area contributed by atoms with Gasteiger partial charge in [0, 0.05) is 56.0 Å². The molecule has 1 amide bonds. The predicted molar refractivity (Wildman–Crippen MR) is 123 cm³/mol. The summed E-state index contributed by atoms with van der Waals surface area (Å²) in [7, 11) is 1.86. The van der Waals surface area contributed by atoms with E-state index in [9.17, 15) is 13.6 Å². The van der Waals surface area contributed by atoms with Crippen molar-refractivity contribution < 1.29 is 13.6 Å². The molecule has 0 bridgehead atoms. The molecule has 9 heteroatoms. The summed E-state index contributed by atoms with van der Waals surface area (Å²) in [6.07, 6.45) is 10.6. The van der Waals surface area contributed by atoms with Crippen LogP contribution in [-0.2, 0) is 31.2 Å². The Morgan fingerprint density at radius 1 is 1.27 bits per heavy atom. The number of fused-ring (bicyclic) bond motifs is 1. The molecule has 5 rings (SSSR count). The summed E-state index contributed by atoms with van der Waals surface area (Å²) in [6, 6.07) is 0.287. The molecule has 2 aromatic heterocycles. The van der Waals surface area contributed by atoms with Crippen molar-refractivity contribution in [2.75, 3.05) is 13.1 Å². The Kier molecular flexibility index (Phi) is 6.53. The van der Waals surface area contributed by atoms with Gasteiger partial charge >= 0.3 is 0 Å². The zero-order chi connectivity index (χ0) is 23.0. The van der Waals surface area contributed by atoms with Crippen LogP contribution in [0.15, 0.2) is 12.4 Å². The minimum Gasteiger partial charge on any atom is -0.353 e. The third kappa shape index (κ3) is 5.62. The third-order valence-electron chi connectivity index (χ3n) is 7.45. The van der Waals surface area contributed by atoms with Gasteiger partial charge in [0.2, 0.25) is 11.8 Å². The fourth-order valence-corrected chi connectivity index (χ4v) is 6.62. The molecule has 2 aliphatic carbocycles. The van der Waals surface area contributed by atoms with Crippen molar-refractivity contribution in [3.05, 3.63) is 33.5 Å². The van der Waals surface area contributed by atoms with Gasteiger partial charge in [-0.1, -0.05) is 0 Å². The van der Waals surface area contributed by atoms with Crippen LogP contribution >= 0.6 is 11.3 Å². The molecular weight excluding hydrogens is 444 g/mol. The van der Waals surface area contributed by atoms with Gasteiger partial charge < -0.3 is 5.32 Å². The Balaban J connectivity index is 1.02. The summed E-state index contributed by atoms with van der Waals surface area (Å²) in [5.41, 5.74) is 2.07. The first-order valence-corrected chi connectivity index (χ1v) is 13.0. The van der Waals surface area contributed by atoms with Crippen LogP contribution in [0.25, 0.3) is 0 Å². The van der Waals surface area contributed by atoms with Gasteiger partial charge in [0.1, 0.15) is 0 Å². The topological polar surface area (TPSA) is 63.1 Å². The van der Waals surface area contributed by atoms with E-state index in [-0.39, 0.29) is 30.7 Å². The van der Waals surface area contributed by atoms with Crippen LogP contribution in [0.4, 0.5) is 8.78 Å². The average Bonchev–Trinajstić information content (AvgIpc) is 3.36. The number of aromatic nitrogens is 3. The van der Waals surface area contributed by atoms with Crippen LogP contribution in [0, 0.1) is 5.92 Å². The van der Waals surface area contributed by atoms with Gasteiger partial charge in [-0.15, -0.1) is 11.3 Å². The van der Waals surface area contributed by atoms with Crippen LogP contribution in [0.2, 0.25) is 0 Å². The molecule has 0 aromatic carbocycles. The van der Waals surface area contributed by atoms with E-state index in [0.717, 1.165) is 68.0 Å². The van der Waals surface area contributed by atoms with E-state index in [2.05, 4.69) is 15.3 Å². The van der Waals surface area contributed by atoms with Crippen LogP contribution in [0.1, 0.15) is 72.0 Å². The number of alkyl halides is 2. The fourth-order valence-electron chi connectivity index (χ4n) is 5.46. The average molecular weight is 478 g/mol. The summed E-state index contributed by atoms with van der Waals surface area (Å²) < 4.78 is 28.2. The first kappa shape index (κ1) is 22.9.